The average Bonchev–Trinajstić information content (AvgIpc) is 2.89. The molecule has 2 aromatic rings. The Hall–Kier alpha value is -2.77. The molecule has 0 atom stereocenters. The molecule has 1 aliphatic heterocycles. The number of hydrogen-bond donors (Lipinski definition) is 2. The molecule has 3 rings (SSSR count). The Morgan fingerprint density at radius 1 is 1.32 bits per heavy atom. The zero-order valence-electron chi connectivity index (χ0n) is 11.3. The normalized spacial score (nSPS) is 13.8. The number of carboxylic acid groups (broad SMARTS) is 1. The molecule has 0 spiro atoms. The highest BCUT2D eigenvalue weighted by Crippen LogP contribution is 2.22. The fraction of sp³-hybridized carbons (Fsp3) is 0.214. The first-order valence-electron chi connectivity index (χ1n) is 6.51. The van der Waals surface area contributed by atoms with Crippen molar-refractivity contribution in [3.63, 3.8) is 0 Å². The van der Waals surface area contributed by atoms with E-state index in [2.05, 4.69) is 10.2 Å². The quantitative estimate of drug-likeness (QED) is 0.882. The molecule has 0 aliphatic carbocycles. The number of aromatic amines is 1. The summed E-state index contributed by atoms with van der Waals surface area (Å²) in [5.41, 5.74) is 0.674. The first-order chi connectivity index (χ1) is 10.5. The third-order valence-electron chi connectivity index (χ3n) is 3.58. The van der Waals surface area contributed by atoms with Gasteiger partial charge in [0.15, 0.2) is 5.69 Å². The zero-order chi connectivity index (χ0) is 15.9. The molecule has 6 nitrogen and oxygen atoms in total. The van der Waals surface area contributed by atoms with Crippen LogP contribution in [0.2, 0.25) is 0 Å². The molecule has 1 aromatic heterocycles. The molecule has 1 aliphatic rings. The Morgan fingerprint density at radius 2 is 2.09 bits per heavy atom. The van der Waals surface area contributed by atoms with Gasteiger partial charge in [-0.2, -0.15) is 5.10 Å². The molecule has 0 saturated heterocycles. The second-order valence-electron chi connectivity index (χ2n) is 4.94. The molecule has 0 fully saturated rings. The van der Waals surface area contributed by atoms with Crippen molar-refractivity contribution in [3.8, 4) is 0 Å². The Morgan fingerprint density at radius 3 is 2.77 bits per heavy atom. The average molecular weight is 307 g/mol. The van der Waals surface area contributed by atoms with Crippen LogP contribution in [-0.4, -0.2) is 38.6 Å². The molecule has 0 bridgehead atoms. The molecular formula is C14H11F2N3O3. The second kappa shape index (κ2) is 5.21. The Labute approximate surface area is 123 Å². The lowest BCUT2D eigenvalue weighted by Crippen LogP contribution is -2.36. The third kappa shape index (κ3) is 2.32. The van der Waals surface area contributed by atoms with Gasteiger partial charge in [0.05, 0.1) is 12.1 Å². The monoisotopic (exact) mass is 307 g/mol. The number of carbonyl (C=O) groups excluding carboxylic acids is 1. The molecule has 0 unspecified atom stereocenters. The SMILES string of the molecule is O=C(O)c1n[nH]c2c1CN(C(=O)c1ccc(F)cc1F)CC2. The summed E-state index contributed by atoms with van der Waals surface area (Å²) in [6.45, 7) is 0.313. The number of carbonyl (C=O) groups is 2. The van der Waals surface area contributed by atoms with Crippen molar-refractivity contribution in [2.75, 3.05) is 6.54 Å². The minimum absolute atomic E-state index is 0.0170. The van der Waals surface area contributed by atoms with Gasteiger partial charge in [-0.25, -0.2) is 13.6 Å². The first kappa shape index (κ1) is 14.2. The summed E-state index contributed by atoms with van der Waals surface area (Å²) < 4.78 is 26.6. The summed E-state index contributed by atoms with van der Waals surface area (Å²) in [5, 5.41) is 15.4. The van der Waals surface area contributed by atoms with E-state index >= 15 is 0 Å². The van der Waals surface area contributed by atoms with E-state index in [9.17, 15) is 18.4 Å². The van der Waals surface area contributed by atoms with E-state index in [1.807, 2.05) is 0 Å². The maximum Gasteiger partial charge on any atom is 0.356 e. The maximum atomic E-state index is 13.7. The largest absolute Gasteiger partial charge is 0.476 e. The number of H-pyrrole nitrogens is 1. The van der Waals surface area contributed by atoms with Crippen LogP contribution in [0.3, 0.4) is 0 Å². The van der Waals surface area contributed by atoms with Gasteiger partial charge in [0, 0.05) is 30.3 Å². The number of amides is 1. The van der Waals surface area contributed by atoms with Gasteiger partial charge in [0.2, 0.25) is 0 Å². The minimum Gasteiger partial charge on any atom is -0.476 e. The lowest BCUT2D eigenvalue weighted by atomic mass is 10.0. The topological polar surface area (TPSA) is 86.3 Å². The Kier molecular flexibility index (Phi) is 3.36. The summed E-state index contributed by atoms with van der Waals surface area (Å²) in [6.07, 6.45) is 0.393. The number of fused-ring (bicyclic) bond motifs is 1. The van der Waals surface area contributed by atoms with Gasteiger partial charge >= 0.3 is 5.97 Å². The fourth-order valence-electron chi connectivity index (χ4n) is 2.48. The van der Waals surface area contributed by atoms with E-state index in [1.165, 1.54) is 4.90 Å². The van der Waals surface area contributed by atoms with Crippen LogP contribution in [0.1, 0.15) is 32.1 Å². The molecule has 2 heterocycles. The summed E-state index contributed by atoms with van der Waals surface area (Å²) in [6, 6.07) is 2.73. The van der Waals surface area contributed by atoms with Crippen molar-refractivity contribution in [1.82, 2.24) is 15.1 Å². The fourth-order valence-corrected chi connectivity index (χ4v) is 2.48. The second-order valence-corrected chi connectivity index (χ2v) is 4.94. The third-order valence-corrected chi connectivity index (χ3v) is 3.58. The predicted molar refractivity (Wildman–Crippen MR) is 70.3 cm³/mol. The Balaban J connectivity index is 1.89. The number of nitrogens with one attached hydrogen (secondary N) is 1. The van der Waals surface area contributed by atoms with Crippen LogP contribution in [0.4, 0.5) is 8.78 Å². The molecule has 1 aromatic carbocycles. The molecule has 114 valence electrons. The first-order valence-corrected chi connectivity index (χ1v) is 6.51. The van der Waals surface area contributed by atoms with Crippen LogP contribution >= 0.6 is 0 Å². The molecule has 1 amide bonds. The standard InChI is InChI=1S/C14H11F2N3O3/c15-7-1-2-8(10(16)5-7)13(20)19-4-3-11-9(6-19)12(14(21)22)18-17-11/h1-2,5H,3-4,6H2,(H,17,18)(H,21,22). The Bertz CT molecular complexity index is 773. The van der Waals surface area contributed by atoms with Crippen LogP contribution in [-0.2, 0) is 13.0 Å². The van der Waals surface area contributed by atoms with E-state index < -0.39 is 23.5 Å². The van der Waals surface area contributed by atoms with Gasteiger partial charge in [0.25, 0.3) is 5.91 Å². The minimum atomic E-state index is -1.19. The summed E-state index contributed by atoms with van der Waals surface area (Å²) in [4.78, 5) is 24.7. The lowest BCUT2D eigenvalue weighted by Gasteiger charge is -2.27. The van der Waals surface area contributed by atoms with Crippen LogP contribution in [0.15, 0.2) is 18.2 Å². The maximum absolute atomic E-state index is 13.7. The van der Waals surface area contributed by atoms with Crippen LogP contribution < -0.4 is 0 Å². The lowest BCUT2D eigenvalue weighted by molar-refractivity contribution is 0.0673. The smallest absolute Gasteiger partial charge is 0.356 e. The highest BCUT2D eigenvalue weighted by atomic mass is 19.1. The number of rotatable bonds is 2. The van der Waals surface area contributed by atoms with E-state index in [1.54, 1.807) is 0 Å². The summed E-state index contributed by atoms with van der Waals surface area (Å²) in [7, 11) is 0. The molecule has 22 heavy (non-hydrogen) atoms. The van der Waals surface area contributed by atoms with Gasteiger partial charge < -0.3 is 10.0 Å². The summed E-state index contributed by atoms with van der Waals surface area (Å²) in [5.74, 6) is -3.51. The number of carboxylic acids is 1. The predicted octanol–water partition coefficient (Wildman–Crippen LogP) is 1.58. The van der Waals surface area contributed by atoms with Crippen molar-refractivity contribution in [2.24, 2.45) is 0 Å². The number of aromatic nitrogens is 2. The zero-order valence-corrected chi connectivity index (χ0v) is 11.3. The highest BCUT2D eigenvalue weighted by molar-refractivity contribution is 5.95. The highest BCUT2D eigenvalue weighted by Gasteiger charge is 2.29. The van der Waals surface area contributed by atoms with Gasteiger partial charge in [-0.15, -0.1) is 0 Å². The van der Waals surface area contributed by atoms with E-state index in [0.29, 0.717) is 30.3 Å². The van der Waals surface area contributed by atoms with Crippen molar-refractivity contribution in [1.29, 1.82) is 0 Å². The number of aromatic carboxylic acids is 1. The van der Waals surface area contributed by atoms with Gasteiger partial charge in [-0.3, -0.25) is 9.89 Å². The van der Waals surface area contributed by atoms with Crippen molar-refractivity contribution >= 4 is 11.9 Å². The van der Waals surface area contributed by atoms with Crippen LogP contribution in [0, 0.1) is 11.6 Å². The molecule has 2 N–H and O–H groups in total. The number of hydrogen-bond acceptors (Lipinski definition) is 3. The van der Waals surface area contributed by atoms with Gasteiger partial charge in [-0.1, -0.05) is 0 Å². The number of nitrogens with zero attached hydrogens (tertiary/aromatic N) is 2. The van der Waals surface area contributed by atoms with Crippen LogP contribution in [0.5, 0.6) is 0 Å². The van der Waals surface area contributed by atoms with E-state index in [0.717, 1.165) is 12.1 Å². The van der Waals surface area contributed by atoms with E-state index in [4.69, 9.17) is 5.11 Å². The van der Waals surface area contributed by atoms with Crippen molar-refractivity contribution in [2.45, 2.75) is 13.0 Å². The van der Waals surface area contributed by atoms with Gasteiger partial charge in [0.1, 0.15) is 11.6 Å². The van der Waals surface area contributed by atoms with E-state index in [-0.39, 0.29) is 17.8 Å². The molecule has 0 saturated carbocycles. The summed E-state index contributed by atoms with van der Waals surface area (Å²) >= 11 is 0. The molecule has 8 heteroatoms. The number of benzene rings is 1. The van der Waals surface area contributed by atoms with Crippen molar-refractivity contribution in [3.05, 3.63) is 52.3 Å². The van der Waals surface area contributed by atoms with Crippen molar-refractivity contribution < 1.29 is 23.5 Å². The number of halogens is 2. The van der Waals surface area contributed by atoms with Crippen LogP contribution in [0.25, 0.3) is 0 Å². The molecule has 0 radical (unpaired) electrons. The molecular weight excluding hydrogens is 296 g/mol. The van der Waals surface area contributed by atoms with Gasteiger partial charge in [-0.05, 0) is 12.1 Å².